The van der Waals surface area contributed by atoms with E-state index in [0.29, 0.717) is 36.6 Å². The maximum absolute atomic E-state index is 14.5. The summed E-state index contributed by atoms with van der Waals surface area (Å²) in [6.45, 7) is 9.13. The van der Waals surface area contributed by atoms with Crippen LogP contribution in [0, 0.1) is 12.7 Å². The van der Waals surface area contributed by atoms with Gasteiger partial charge in [-0.05, 0) is 37.6 Å². The third-order valence-electron chi connectivity index (χ3n) is 5.84. The van der Waals surface area contributed by atoms with Gasteiger partial charge >= 0.3 is 0 Å². The van der Waals surface area contributed by atoms with E-state index in [1.165, 1.54) is 6.07 Å². The van der Waals surface area contributed by atoms with Gasteiger partial charge in [-0.1, -0.05) is 31.5 Å². The predicted molar refractivity (Wildman–Crippen MR) is 128 cm³/mol. The van der Waals surface area contributed by atoms with Gasteiger partial charge in [-0.25, -0.2) is 9.37 Å². The fraction of sp³-hybridized carbons (Fsp3) is 0.417. The van der Waals surface area contributed by atoms with Crippen molar-refractivity contribution in [3.05, 3.63) is 58.8 Å². The summed E-state index contributed by atoms with van der Waals surface area (Å²) in [5.41, 5.74) is 1.89. The molecule has 0 bridgehead atoms. The van der Waals surface area contributed by atoms with Gasteiger partial charge in [-0.2, -0.15) is 0 Å². The van der Waals surface area contributed by atoms with Crippen LogP contribution in [0.2, 0.25) is 5.02 Å². The molecule has 2 N–H and O–H groups in total. The molecule has 7 nitrogen and oxygen atoms in total. The fourth-order valence-electron chi connectivity index (χ4n) is 4.18. The molecule has 0 atom stereocenters. The van der Waals surface area contributed by atoms with Crippen LogP contribution in [-0.4, -0.2) is 58.6 Å². The van der Waals surface area contributed by atoms with Crippen molar-refractivity contribution in [2.45, 2.75) is 32.8 Å². The summed E-state index contributed by atoms with van der Waals surface area (Å²) in [7, 11) is 0. The number of pyridine rings is 1. The molecule has 2 aromatic heterocycles. The molecule has 2 aliphatic heterocycles. The lowest BCUT2D eigenvalue weighted by Gasteiger charge is -2.49. The van der Waals surface area contributed by atoms with Gasteiger partial charge in [0.2, 0.25) is 0 Å². The molecule has 0 aliphatic carbocycles. The molecule has 33 heavy (non-hydrogen) atoms. The molecule has 1 amide bonds. The quantitative estimate of drug-likeness (QED) is 0.589. The van der Waals surface area contributed by atoms with Gasteiger partial charge in [0, 0.05) is 31.7 Å². The SMILES string of the molecule is CC.Cc1ccc(Nc2c(C(=O)N3CC4(CNCCCO4)C3)cn3ccnc3c2Cl)c(F)c1. The van der Waals surface area contributed by atoms with Crippen molar-refractivity contribution in [1.82, 2.24) is 19.6 Å². The molecule has 0 unspecified atom stereocenters. The highest BCUT2D eigenvalue weighted by atomic mass is 35.5. The van der Waals surface area contributed by atoms with E-state index >= 15 is 0 Å². The largest absolute Gasteiger partial charge is 0.370 e. The molecule has 5 rings (SSSR count). The number of benzene rings is 1. The molecular formula is C24H29ClFN5O2. The Morgan fingerprint density at radius 3 is 2.88 bits per heavy atom. The highest BCUT2D eigenvalue weighted by molar-refractivity contribution is 6.37. The van der Waals surface area contributed by atoms with Gasteiger partial charge in [-0.15, -0.1) is 0 Å². The lowest BCUT2D eigenvalue weighted by molar-refractivity contribution is -0.119. The second-order valence-electron chi connectivity index (χ2n) is 8.22. The number of hydrogen-bond acceptors (Lipinski definition) is 5. The number of nitrogens with one attached hydrogen (secondary N) is 2. The number of aryl methyl sites for hydroxylation is 1. The summed E-state index contributed by atoms with van der Waals surface area (Å²) in [5, 5.41) is 6.67. The molecule has 0 saturated carbocycles. The second-order valence-corrected chi connectivity index (χ2v) is 8.60. The first-order chi connectivity index (χ1) is 16.0. The Kier molecular flexibility index (Phi) is 6.88. The maximum atomic E-state index is 14.5. The minimum atomic E-state index is -0.418. The van der Waals surface area contributed by atoms with E-state index in [1.807, 2.05) is 20.8 Å². The number of carbonyl (C=O) groups excluding carboxylic acids is 1. The van der Waals surface area contributed by atoms with Crippen molar-refractivity contribution in [3.63, 3.8) is 0 Å². The molecule has 2 aliphatic rings. The van der Waals surface area contributed by atoms with Crippen LogP contribution in [0.1, 0.15) is 36.2 Å². The number of ether oxygens (including phenoxy) is 1. The average molecular weight is 474 g/mol. The zero-order chi connectivity index (χ0) is 23.6. The molecule has 1 aromatic carbocycles. The van der Waals surface area contributed by atoms with E-state index in [0.717, 1.165) is 25.1 Å². The van der Waals surface area contributed by atoms with Crippen molar-refractivity contribution in [3.8, 4) is 0 Å². The third-order valence-corrected chi connectivity index (χ3v) is 6.19. The smallest absolute Gasteiger partial charge is 0.257 e. The Morgan fingerprint density at radius 2 is 2.12 bits per heavy atom. The summed E-state index contributed by atoms with van der Waals surface area (Å²) in [6, 6.07) is 4.86. The number of rotatable bonds is 3. The van der Waals surface area contributed by atoms with E-state index in [-0.39, 0.29) is 22.2 Å². The maximum Gasteiger partial charge on any atom is 0.257 e. The molecule has 3 aromatic rings. The fourth-order valence-corrected chi connectivity index (χ4v) is 4.48. The third kappa shape index (κ3) is 4.55. The number of nitrogens with zero attached hydrogens (tertiary/aromatic N) is 3. The van der Waals surface area contributed by atoms with E-state index in [4.69, 9.17) is 16.3 Å². The van der Waals surface area contributed by atoms with Gasteiger partial charge in [0.25, 0.3) is 5.91 Å². The monoisotopic (exact) mass is 473 g/mol. The van der Waals surface area contributed by atoms with E-state index in [2.05, 4.69) is 15.6 Å². The predicted octanol–water partition coefficient (Wildman–Crippen LogP) is 4.41. The number of carbonyl (C=O) groups is 1. The van der Waals surface area contributed by atoms with E-state index in [9.17, 15) is 9.18 Å². The number of fused-ring (bicyclic) bond motifs is 1. The molecule has 2 saturated heterocycles. The van der Waals surface area contributed by atoms with Crippen molar-refractivity contribution < 1.29 is 13.9 Å². The van der Waals surface area contributed by atoms with Crippen LogP contribution in [0.3, 0.4) is 0 Å². The molecular weight excluding hydrogens is 445 g/mol. The highest BCUT2D eigenvalue weighted by Crippen LogP contribution is 2.36. The van der Waals surface area contributed by atoms with Crippen molar-refractivity contribution in [1.29, 1.82) is 0 Å². The molecule has 0 radical (unpaired) electrons. The highest BCUT2D eigenvalue weighted by Gasteiger charge is 2.47. The molecule has 4 heterocycles. The minimum absolute atomic E-state index is 0.189. The van der Waals surface area contributed by atoms with Crippen molar-refractivity contribution in [2.24, 2.45) is 0 Å². The molecule has 9 heteroatoms. The Hall–Kier alpha value is -2.68. The van der Waals surface area contributed by atoms with Crippen LogP contribution in [0.25, 0.3) is 5.65 Å². The standard InChI is InChI=1S/C22H23ClFN5O2.C2H6/c1-14-3-4-17(16(24)9-14)27-19-15(10-28-7-6-26-20(28)18(19)23)21(30)29-12-22(13-29)11-25-5-2-8-31-22;1-2/h3-4,6-7,9-10,25,27H,2,5,8,11-13H2,1H3;1-2H3. The lowest BCUT2D eigenvalue weighted by Crippen LogP contribution is -2.68. The number of imidazole rings is 1. The first-order valence-corrected chi connectivity index (χ1v) is 11.7. The zero-order valence-electron chi connectivity index (χ0n) is 19.1. The number of amides is 1. The van der Waals surface area contributed by atoms with Crippen LogP contribution in [-0.2, 0) is 4.74 Å². The molecule has 176 valence electrons. The molecule has 2 fully saturated rings. The Balaban J connectivity index is 0.00000126. The Morgan fingerprint density at radius 1 is 1.33 bits per heavy atom. The summed E-state index contributed by atoms with van der Waals surface area (Å²) in [6.07, 6.45) is 5.97. The molecule has 1 spiro atoms. The Bertz CT molecular complexity index is 1150. The topological polar surface area (TPSA) is 70.9 Å². The first-order valence-electron chi connectivity index (χ1n) is 11.3. The van der Waals surface area contributed by atoms with Gasteiger partial charge in [0.15, 0.2) is 5.65 Å². The first kappa shape index (κ1) is 23.5. The summed E-state index contributed by atoms with van der Waals surface area (Å²) < 4.78 is 22.2. The van der Waals surface area contributed by atoms with Crippen LogP contribution < -0.4 is 10.6 Å². The summed E-state index contributed by atoms with van der Waals surface area (Å²) in [4.78, 5) is 19.4. The number of aromatic nitrogens is 2. The van der Waals surface area contributed by atoms with Crippen LogP contribution in [0.5, 0.6) is 0 Å². The normalized spacial score (nSPS) is 17.2. The van der Waals surface area contributed by atoms with Gasteiger partial charge in [-0.3, -0.25) is 4.79 Å². The van der Waals surface area contributed by atoms with Crippen LogP contribution >= 0.6 is 11.6 Å². The number of likely N-dealkylation sites (tertiary alicyclic amines) is 1. The number of anilines is 2. The summed E-state index contributed by atoms with van der Waals surface area (Å²) in [5.74, 6) is -0.607. The van der Waals surface area contributed by atoms with E-state index in [1.54, 1.807) is 40.0 Å². The zero-order valence-corrected chi connectivity index (χ0v) is 19.9. The van der Waals surface area contributed by atoms with Crippen molar-refractivity contribution in [2.75, 3.05) is 38.1 Å². The van der Waals surface area contributed by atoms with Crippen molar-refractivity contribution >= 4 is 34.5 Å². The summed E-state index contributed by atoms with van der Waals surface area (Å²) >= 11 is 6.62. The lowest BCUT2D eigenvalue weighted by atomic mass is 9.92. The van der Waals surface area contributed by atoms with E-state index < -0.39 is 5.82 Å². The average Bonchev–Trinajstić information content (AvgIpc) is 3.12. The van der Waals surface area contributed by atoms with Crippen LogP contribution in [0.15, 0.2) is 36.8 Å². The van der Waals surface area contributed by atoms with Crippen LogP contribution in [0.4, 0.5) is 15.8 Å². The Labute approximate surface area is 197 Å². The minimum Gasteiger partial charge on any atom is -0.370 e. The van der Waals surface area contributed by atoms with Gasteiger partial charge in [0.1, 0.15) is 16.4 Å². The number of halogens is 2. The number of hydrogen-bond donors (Lipinski definition) is 2. The van der Waals surface area contributed by atoms with Gasteiger partial charge < -0.3 is 24.7 Å². The van der Waals surface area contributed by atoms with Gasteiger partial charge in [0.05, 0.1) is 30.0 Å². The second kappa shape index (κ2) is 9.67.